The lowest BCUT2D eigenvalue weighted by Crippen LogP contribution is -2.16. The highest BCUT2D eigenvalue weighted by Gasteiger charge is 2.10. The van der Waals surface area contributed by atoms with Gasteiger partial charge in [0.2, 0.25) is 5.91 Å². The fraction of sp³-hybridized carbons (Fsp3) is 0.111. The van der Waals surface area contributed by atoms with Crippen LogP contribution in [0.25, 0.3) is 5.69 Å². The van der Waals surface area contributed by atoms with Crippen molar-refractivity contribution in [3.05, 3.63) is 71.0 Å². The highest BCUT2D eigenvalue weighted by atomic mass is 79.9. The van der Waals surface area contributed by atoms with E-state index in [-0.39, 0.29) is 18.1 Å². The molecule has 0 aliphatic carbocycles. The number of carbonyl (C=O) groups is 1. The van der Waals surface area contributed by atoms with Gasteiger partial charge in [0.15, 0.2) is 0 Å². The average molecular weight is 422 g/mol. The van der Waals surface area contributed by atoms with Gasteiger partial charge >= 0.3 is 6.61 Å². The second kappa shape index (κ2) is 8.09. The van der Waals surface area contributed by atoms with E-state index in [1.807, 2.05) is 18.2 Å². The summed E-state index contributed by atoms with van der Waals surface area (Å²) >= 11 is 3.34. The number of ether oxygens (including phenoxy) is 1. The zero-order chi connectivity index (χ0) is 18.5. The van der Waals surface area contributed by atoms with Crippen LogP contribution in [-0.2, 0) is 11.2 Å². The summed E-state index contributed by atoms with van der Waals surface area (Å²) in [6.07, 6.45) is 3.54. The molecular weight excluding hydrogens is 408 g/mol. The Morgan fingerprint density at radius 2 is 1.92 bits per heavy atom. The molecule has 1 aromatic heterocycles. The van der Waals surface area contributed by atoms with Crippen LogP contribution >= 0.6 is 15.9 Å². The molecule has 0 bridgehead atoms. The van der Waals surface area contributed by atoms with Crippen molar-refractivity contribution in [2.75, 3.05) is 5.32 Å². The minimum Gasteiger partial charge on any atom is -0.435 e. The van der Waals surface area contributed by atoms with Crippen molar-refractivity contribution in [3.63, 3.8) is 0 Å². The maximum atomic E-state index is 12.3. The largest absolute Gasteiger partial charge is 0.435 e. The van der Waals surface area contributed by atoms with Crippen molar-refractivity contribution >= 4 is 27.5 Å². The molecule has 1 amide bonds. The highest BCUT2D eigenvalue weighted by molar-refractivity contribution is 9.10. The monoisotopic (exact) mass is 421 g/mol. The molecule has 0 aliphatic rings. The zero-order valence-electron chi connectivity index (χ0n) is 13.4. The van der Waals surface area contributed by atoms with Crippen LogP contribution in [0.15, 0.2) is 65.4 Å². The van der Waals surface area contributed by atoms with E-state index in [0.717, 1.165) is 10.2 Å². The molecule has 3 aromatic rings. The van der Waals surface area contributed by atoms with Crippen molar-refractivity contribution in [2.45, 2.75) is 13.0 Å². The van der Waals surface area contributed by atoms with Gasteiger partial charge in [0.05, 0.1) is 28.5 Å². The Labute approximate surface area is 156 Å². The summed E-state index contributed by atoms with van der Waals surface area (Å²) in [4.78, 5) is 12.3. The fourth-order valence-electron chi connectivity index (χ4n) is 2.38. The number of halogens is 3. The summed E-state index contributed by atoms with van der Waals surface area (Å²) in [6, 6.07) is 13.2. The van der Waals surface area contributed by atoms with E-state index >= 15 is 0 Å². The molecule has 134 valence electrons. The first kappa shape index (κ1) is 18.1. The molecule has 5 nitrogen and oxygen atoms in total. The summed E-state index contributed by atoms with van der Waals surface area (Å²) in [7, 11) is 0. The van der Waals surface area contributed by atoms with Crippen LogP contribution in [0, 0.1) is 0 Å². The number of hydrogen-bond acceptors (Lipinski definition) is 3. The fourth-order valence-corrected chi connectivity index (χ4v) is 2.67. The lowest BCUT2D eigenvalue weighted by Gasteiger charge is -2.11. The van der Waals surface area contributed by atoms with Crippen molar-refractivity contribution in [2.24, 2.45) is 0 Å². The van der Waals surface area contributed by atoms with Crippen LogP contribution in [0.1, 0.15) is 5.56 Å². The number of hydrogen-bond donors (Lipinski definition) is 1. The average Bonchev–Trinajstić information content (AvgIpc) is 3.03. The Balaban J connectivity index is 1.69. The number of nitrogens with zero attached hydrogens (tertiary/aromatic N) is 2. The topological polar surface area (TPSA) is 56.1 Å². The second-order valence-electron chi connectivity index (χ2n) is 5.37. The molecule has 0 saturated carbocycles. The van der Waals surface area contributed by atoms with Gasteiger partial charge in [-0.25, -0.2) is 4.68 Å². The molecular formula is C18H14BrF2N3O2. The number of carbonyl (C=O) groups excluding carboxylic acids is 1. The van der Waals surface area contributed by atoms with E-state index < -0.39 is 6.61 Å². The zero-order valence-corrected chi connectivity index (χ0v) is 15.0. The van der Waals surface area contributed by atoms with E-state index in [4.69, 9.17) is 0 Å². The van der Waals surface area contributed by atoms with Gasteiger partial charge in [-0.05, 0) is 45.8 Å². The summed E-state index contributed by atoms with van der Waals surface area (Å²) < 4.78 is 31.1. The first-order valence-corrected chi connectivity index (χ1v) is 8.44. The van der Waals surface area contributed by atoms with Gasteiger partial charge in [0.1, 0.15) is 5.75 Å². The van der Waals surface area contributed by atoms with Gasteiger partial charge in [-0.1, -0.05) is 24.3 Å². The summed E-state index contributed by atoms with van der Waals surface area (Å²) in [5, 5.41) is 7.06. The SMILES string of the molecule is O=C(Cc1ccc(OC(F)F)cc1)Nc1ccccc1-n1cc(Br)cn1. The number of rotatable bonds is 6. The predicted octanol–water partition coefficient (Wildman–Crippen LogP) is 4.42. The number of nitrogens with one attached hydrogen (secondary N) is 1. The van der Waals surface area contributed by atoms with Gasteiger partial charge in [0, 0.05) is 6.20 Å². The first-order chi connectivity index (χ1) is 12.5. The molecule has 0 spiro atoms. The molecule has 0 aliphatic heterocycles. The minimum atomic E-state index is -2.87. The van der Waals surface area contributed by atoms with E-state index in [9.17, 15) is 13.6 Å². The number of alkyl halides is 2. The Bertz CT molecular complexity index is 897. The van der Waals surface area contributed by atoms with Crippen LogP contribution in [0.4, 0.5) is 14.5 Å². The van der Waals surface area contributed by atoms with Gasteiger partial charge in [-0.3, -0.25) is 4.79 Å². The molecule has 0 fully saturated rings. The predicted molar refractivity (Wildman–Crippen MR) is 96.7 cm³/mol. The Morgan fingerprint density at radius 1 is 1.19 bits per heavy atom. The normalized spacial score (nSPS) is 10.8. The molecule has 0 atom stereocenters. The van der Waals surface area contributed by atoms with E-state index in [1.165, 1.54) is 12.1 Å². The molecule has 0 radical (unpaired) electrons. The maximum Gasteiger partial charge on any atom is 0.387 e. The van der Waals surface area contributed by atoms with Gasteiger partial charge < -0.3 is 10.1 Å². The molecule has 26 heavy (non-hydrogen) atoms. The maximum absolute atomic E-state index is 12.3. The first-order valence-electron chi connectivity index (χ1n) is 7.64. The van der Waals surface area contributed by atoms with Gasteiger partial charge in [-0.15, -0.1) is 0 Å². The molecule has 1 heterocycles. The van der Waals surface area contributed by atoms with Gasteiger partial charge in [0.25, 0.3) is 0 Å². The number of anilines is 1. The Hall–Kier alpha value is -2.74. The van der Waals surface area contributed by atoms with Crippen molar-refractivity contribution in [1.82, 2.24) is 9.78 Å². The summed E-state index contributed by atoms with van der Waals surface area (Å²) in [5.74, 6) is -0.176. The minimum absolute atomic E-state index is 0.0544. The molecule has 3 rings (SSSR count). The third-order valence-electron chi connectivity index (χ3n) is 3.49. The van der Waals surface area contributed by atoms with E-state index in [2.05, 4.69) is 31.1 Å². The summed E-state index contributed by atoms with van der Waals surface area (Å²) in [6.45, 7) is -2.87. The smallest absolute Gasteiger partial charge is 0.387 e. The van der Waals surface area contributed by atoms with E-state index in [0.29, 0.717) is 11.3 Å². The van der Waals surface area contributed by atoms with Crippen LogP contribution in [0.2, 0.25) is 0 Å². The Morgan fingerprint density at radius 3 is 2.58 bits per heavy atom. The van der Waals surface area contributed by atoms with E-state index in [1.54, 1.807) is 35.3 Å². The van der Waals surface area contributed by atoms with Crippen LogP contribution in [-0.4, -0.2) is 22.3 Å². The number of amides is 1. The van der Waals surface area contributed by atoms with Crippen molar-refractivity contribution in [1.29, 1.82) is 0 Å². The highest BCUT2D eigenvalue weighted by Crippen LogP contribution is 2.22. The molecule has 8 heteroatoms. The number of para-hydroxylation sites is 2. The second-order valence-corrected chi connectivity index (χ2v) is 6.28. The molecule has 0 saturated heterocycles. The number of benzene rings is 2. The third kappa shape index (κ3) is 4.66. The quantitative estimate of drug-likeness (QED) is 0.640. The molecule has 0 unspecified atom stereocenters. The van der Waals surface area contributed by atoms with Gasteiger partial charge in [-0.2, -0.15) is 13.9 Å². The lowest BCUT2D eigenvalue weighted by atomic mass is 10.1. The molecule has 2 aromatic carbocycles. The van der Waals surface area contributed by atoms with Crippen LogP contribution < -0.4 is 10.1 Å². The summed E-state index contributed by atoms with van der Waals surface area (Å²) in [5.41, 5.74) is 2.03. The van der Waals surface area contributed by atoms with Crippen molar-refractivity contribution < 1.29 is 18.3 Å². The lowest BCUT2D eigenvalue weighted by molar-refractivity contribution is -0.115. The van der Waals surface area contributed by atoms with Crippen molar-refractivity contribution in [3.8, 4) is 11.4 Å². The molecule has 1 N–H and O–H groups in total. The standard InChI is InChI=1S/C18H14BrF2N3O2/c19-13-10-22-24(11-13)16-4-2-1-3-15(16)23-17(25)9-12-5-7-14(8-6-12)26-18(20)21/h1-8,10-11,18H,9H2,(H,23,25). The van der Waals surface area contributed by atoms with Crippen LogP contribution in [0.3, 0.4) is 0 Å². The van der Waals surface area contributed by atoms with Crippen LogP contribution in [0.5, 0.6) is 5.75 Å². The number of aromatic nitrogens is 2. The Kier molecular flexibility index (Phi) is 5.62. The third-order valence-corrected chi connectivity index (χ3v) is 3.90.